The minimum atomic E-state index is 0.0650. The summed E-state index contributed by atoms with van der Waals surface area (Å²) in [4.78, 5) is 10.5. The highest BCUT2D eigenvalue weighted by Gasteiger charge is 2.44. The van der Waals surface area contributed by atoms with Gasteiger partial charge in [0.15, 0.2) is 5.82 Å². The van der Waals surface area contributed by atoms with Crippen LogP contribution in [0, 0.1) is 0 Å². The quantitative estimate of drug-likeness (QED) is 0.168. The smallest absolute Gasteiger partial charge is 0.160 e. The van der Waals surface area contributed by atoms with Gasteiger partial charge in [-0.2, -0.15) is 0 Å². The monoisotopic (exact) mass is 792 g/mol. The van der Waals surface area contributed by atoms with Crippen molar-refractivity contribution in [1.29, 1.82) is 0 Å². The summed E-state index contributed by atoms with van der Waals surface area (Å²) >= 11 is 0. The van der Waals surface area contributed by atoms with Gasteiger partial charge in [0, 0.05) is 22.1 Å². The molecule has 2 nitrogen and oxygen atoms in total. The van der Waals surface area contributed by atoms with E-state index in [0.717, 1.165) is 39.2 Å². The third-order valence-corrected chi connectivity index (χ3v) is 13.7. The van der Waals surface area contributed by atoms with Crippen molar-refractivity contribution >= 4 is 21.5 Å². The van der Waals surface area contributed by atoms with Gasteiger partial charge in [0.2, 0.25) is 0 Å². The fourth-order valence-electron chi connectivity index (χ4n) is 10.8. The number of fused-ring (bicyclic) bond motifs is 7. The first-order valence-corrected chi connectivity index (χ1v) is 22.1. The van der Waals surface area contributed by atoms with Crippen LogP contribution in [-0.4, -0.2) is 9.97 Å². The van der Waals surface area contributed by atoms with Gasteiger partial charge in [-0.3, -0.25) is 0 Å². The summed E-state index contributed by atoms with van der Waals surface area (Å²) in [6.45, 7) is 0. The van der Waals surface area contributed by atoms with Gasteiger partial charge in [-0.25, -0.2) is 9.97 Å². The number of hydrogen-bond donors (Lipinski definition) is 0. The van der Waals surface area contributed by atoms with Gasteiger partial charge in [0.25, 0.3) is 0 Å². The van der Waals surface area contributed by atoms with Crippen molar-refractivity contribution in [3.63, 3.8) is 0 Å². The lowest BCUT2D eigenvalue weighted by molar-refractivity contribution is 0.353. The molecule has 0 radical (unpaired) electrons. The van der Waals surface area contributed by atoms with Crippen LogP contribution in [0.3, 0.4) is 0 Å². The molecule has 0 saturated heterocycles. The third-order valence-electron chi connectivity index (χ3n) is 13.7. The Kier molecular flexibility index (Phi) is 8.78. The zero-order chi connectivity index (χ0) is 41.0. The Hall–Kier alpha value is -7.42. The van der Waals surface area contributed by atoms with E-state index in [1.165, 1.54) is 98.2 Å². The molecule has 0 atom stereocenters. The van der Waals surface area contributed by atoms with Gasteiger partial charge in [-0.05, 0) is 114 Å². The standard InChI is InChI=1S/C60H44N2/c1-4-18-40(19-5-1)42-24-16-25-45(36-42)56-39-57(62-59(61-56)41-20-6-2-7-21-41)51-29-13-12-28-48(51)49-32-33-50(47-27-11-10-26-46(47)49)52-30-17-31-54-58(52)53-37-43-22-8-9-23-44(43)38-55(53)60(54)34-14-3-15-35-60/h1-2,4-13,16-33,36-39H,3,14-15,34-35H2. The van der Waals surface area contributed by atoms with Crippen molar-refractivity contribution in [1.82, 2.24) is 9.97 Å². The van der Waals surface area contributed by atoms with Gasteiger partial charge in [0.05, 0.1) is 11.4 Å². The molecule has 62 heavy (non-hydrogen) atoms. The van der Waals surface area contributed by atoms with Crippen molar-refractivity contribution in [2.75, 3.05) is 0 Å². The summed E-state index contributed by atoms with van der Waals surface area (Å²) in [5.74, 6) is 0.708. The zero-order valence-corrected chi connectivity index (χ0v) is 34.6. The van der Waals surface area contributed by atoms with E-state index in [4.69, 9.17) is 9.97 Å². The van der Waals surface area contributed by atoms with E-state index in [9.17, 15) is 0 Å². The van der Waals surface area contributed by atoms with Crippen molar-refractivity contribution in [2.24, 2.45) is 0 Å². The predicted molar refractivity (Wildman–Crippen MR) is 259 cm³/mol. The van der Waals surface area contributed by atoms with Crippen LogP contribution in [-0.2, 0) is 5.41 Å². The summed E-state index contributed by atoms with van der Waals surface area (Å²) in [6.07, 6.45) is 6.28. The highest BCUT2D eigenvalue weighted by Crippen LogP contribution is 2.59. The average molecular weight is 793 g/mol. The minimum absolute atomic E-state index is 0.0650. The fraction of sp³-hybridized carbons (Fsp3) is 0.100. The Morgan fingerprint density at radius 3 is 1.65 bits per heavy atom. The van der Waals surface area contributed by atoms with Crippen molar-refractivity contribution < 1.29 is 0 Å². The van der Waals surface area contributed by atoms with Crippen LogP contribution in [0.1, 0.15) is 43.2 Å². The maximum Gasteiger partial charge on any atom is 0.160 e. The molecule has 0 amide bonds. The number of benzene rings is 9. The maximum atomic E-state index is 5.32. The predicted octanol–water partition coefficient (Wildman–Crippen LogP) is 16.0. The molecule has 1 spiro atoms. The van der Waals surface area contributed by atoms with Crippen molar-refractivity contribution in [3.8, 4) is 78.4 Å². The average Bonchev–Trinajstić information content (AvgIpc) is 3.60. The van der Waals surface area contributed by atoms with E-state index in [1.54, 1.807) is 0 Å². The minimum Gasteiger partial charge on any atom is -0.228 e. The molecule has 1 fully saturated rings. The van der Waals surface area contributed by atoms with Crippen LogP contribution >= 0.6 is 0 Å². The molecule has 0 unspecified atom stereocenters. The molecule has 1 saturated carbocycles. The van der Waals surface area contributed by atoms with E-state index >= 15 is 0 Å². The third kappa shape index (κ3) is 6.01. The van der Waals surface area contributed by atoms with Gasteiger partial charge < -0.3 is 0 Å². The molecule has 0 aliphatic heterocycles. The van der Waals surface area contributed by atoms with Gasteiger partial charge in [0.1, 0.15) is 0 Å². The van der Waals surface area contributed by atoms with E-state index in [0.29, 0.717) is 5.82 Å². The summed E-state index contributed by atoms with van der Waals surface area (Å²) < 4.78 is 0. The number of nitrogens with zero attached hydrogens (tertiary/aromatic N) is 2. The molecular formula is C60H44N2. The molecule has 10 aromatic rings. The lowest BCUT2D eigenvalue weighted by Gasteiger charge is -2.36. The van der Waals surface area contributed by atoms with Crippen LogP contribution in [0.4, 0.5) is 0 Å². The van der Waals surface area contributed by atoms with Crippen molar-refractivity contribution in [2.45, 2.75) is 37.5 Å². The number of hydrogen-bond acceptors (Lipinski definition) is 2. The summed E-state index contributed by atoms with van der Waals surface area (Å²) in [5.41, 5.74) is 18.1. The van der Waals surface area contributed by atoms with Crippen LogP contribution in [0.2, 0.25) is 0 Å². The SMILES string of the molecule is c1ccc(-c2cccc(-c3cc(-c4ccccc4-c4ccc(-c5cccc6c5-c5cc7ccccc7cc5C65CCCCC5)c5ccccc45)nc(-c4ccccc4)n3)c2)cc1. The second-order valence-electron chi connectivity index (χ2n) is 17.1. The Morgan fingerprint density at radius 1 is 0.323 bits per heavy atom. The Morgan fingerprint density at radius 2 is 0.887 bits per heavy atom. The number of rotatable bonds is 6. The summed E-state index contributed by atoms with van der Waals surface area (Å²) in [6, 6.07) is 75.3. The van der Waals surface area contributed by atoms with E-state index in [-0.39, 0.29) is 5.41 Å². The molecule has 2 heteroatoms. The maximum absolute atomic E-state index is 5.32. The summed E-state index contributed by atoms with van der Waals surface area (Å²) in [7, 11) is 0. The largest absolute Gasteiger partial charge is 0.228 e. The van der Waals surface area contributed by atoms with Crippen LogP contribution in [0.15, 0.2) is 206 Å². The molecule has 2 aliphatic carbocycles. The molecule has 9 aromatic carbocycles. The van der Waals surface area contributed by atoms with E-state index in [2.05, 4.69) is 200 Å². The van der Waals surface area contributed by atoms with Gasteiger partial charge >= 0.3 is 0 Å². The number of aromatic nitrogens is 2. The summed E-state index contributed by atoms with van der Waals surface area (Å²) in [5, 5.41) is 5.13. The Labute approximate surface area is 363 Å². The second-order valence-corrected chi connectivity index (χ2v) is 17.1. The molecule has 12 rings (SSSR count). The fourth-order valence-corrected chi connectivity index (χ4v) is 10.8. The lowest BCUT2D eigenvalue weighted by Crippen LogP contribution is -2.28. The highest BCUT2D eigenvalue weighted by molar-refractivity contribution is 6.10. The first-order valence-electron chi connectivity index (χ1n) is 22.1. The molecular weight excluding hydrogens is 749 g/mol. The molecule has 0 bridgehead atoms. The van der Waals surface area contributed by atoms with Gasteiger partial charge in [-0.1, -0.05) is 201 Å². The first kappa shape index (κ1) is 36.4. The van der Waals surface area contributed by atoms with Crippen molar-refractivity contribution in [3.05, 3.63) is 217 Å². The molecule has 2 aliphatic rings. The van der Waals surface area contributed by atoms with Crippen LogP contribution in [0.25, 0.3) is 100.0 Å². The first-order chi connectivity index (χ1) is 30.7. The van der Waals surface area contributed by atoms with E-state index < -0.39 is 0 Å². The Bertz CT molecular complexity index is 3320. The van der Waals surface area contributed by atoms with Gasteiger partial charge in [-0.15, -0.1) is 0 Å². The van der Waals surface area contributed by atoms with Crippen LogP contribution in [0.5, 0.6) is 0 Å². The van der Waals surface area contributed by atoms with E-state index in [1.807, 2.05) is 6.07 Å². The lowest BCUT2D eigenvalue weighted by atomic mass is 9.67. The normalized spacial score (nSPS) is 13.9. The molecule has 0 N–H and O–H groups in total. The topological polar surface area (TPSA) is 25.8 Å². The molecule has 1 aromatic heterocycles. The van der Waals surface area contributed by atoms with Crippen LogP contribution < -0.4 is 0 Å². The second kappa shape index (κ2) is 14.9. The Balaban J connectivity index is 1.03. The highest BCUT2D eigenvalue weighted by atomic mass is 14.9. The zero-order valence-electron chi connectivity index (χ0n) is 34.6. The molecule has 294 valence electrons. The molecule has 1 heterocycles.